The molecule has 0 atom stereocenters. The molecule has 6 heteroatoms. The molecule has 0 bridgehead atoms. The zero-order valence-corrected chi connectivity index (χ0v) is 17.5. The van der Waals surface area contributed by atoms with Crippen molar-refractivity contribution < 1.29 is 9.90 Å². The van der Waals surface area contributed by atoms with Gasteiger partial charge in [-0.05, 0) is 62.1 Å². The minimum atomic E-state index is -0.0229. The van der Waals surface area contributed by atoms with Gasteiger partial charge in [0, 0.05) is 34.7 Å². The molecule has 2 N–H and O–H groups in total. The van der Waals surface area contributed by atoms with Gasteiger partial charge in [-0.1, -0.05) is 31.0 Å². The number of aryl methyl sites for hydroxylation is 1. The second-order valence-corrected chi connectivity index (χ2v) is 7.52. The Hall–Kier alpha value is -2.50. The predicted molar refractivity (Wildman–Crippen MR) is 117 cm³/mol. The quantitative estimate of drug-likeness (QED) is 0.632. The molecule has 1 fully saturated rings. The summed E-state index contributed by atoms with van der Waals surface area (Å²) >= 11 is 6.00. The van der Waals surface area contributed by atoms with E-state index in [1.54, 1.807) is 0 Å². The van der Waals surface area contributed by atoms with Gasteiger partial charge in [0.1, 0.15) is 0 Å². The Morgan fingerprint density at radius 1 is 1.14 bits per heavy atom. The van der Waals surface area contributed by atoms with Crippen molar-refractivity contribution in [2.24, 2.45) is 0 Å². The van der Waals surface area contributed by atoms with Gasteiger partial charge in [-0.3, -0.25) is 4.79 Å². The van der Waals surface area contributed by atoms with Crippen LogP contribution in [0, 0.1) is 0 Å². The molecule has 1 heterocycles. The summed E-state index contributed by atoms with van der Waals surface area (Å²) < 4.78 is 0. The Balaban J connectivity index is 0.00000117. The number of halogens is 1. The van der Waals surface area contributed by atoms with Gasteiger partial charge in [0.05, 0.1) is 11.2 Å². The molecular formula is C23H26ClN3O2. The number of fused-ring (bicyclic) bond motifs is 1. The lowest BCUT2D eigenvalue weighted by atomic mass is 9.93. The van der Waals surface area contributed by atoms with Crippen molar-refractivity contribution in [2.45, 2.75) is 45.1 Å². The zero-order valence-electron chi connectivity index (χ0n) is 16.8. The Morgan fingerprint density at radius 3 is 2.48 bits per heavy atom. The van der Waals surface area contributed by atoms with E-state index in [1.807, 2.05) is 42.5 Å². The molecule has 1 aromatic heterocycles. The number of benzene rings is 2. The molecule has 4 rings (SSSR count). The molecule has 1 saturated carbocycles. The zero-order chi connectivity index (χ0) is 20.8. The van der Waals surface area contributed by atoms with E-state index in [-0.39, 0.29) is 5.91 Å². The smallest absolute Gasteiger partial charge is 0.251 e. The Labute approximate surface area is 176 Å². The van der Waals surface area contributed by atoms with Crippen molar-refractivity contribution in [3.63, 3.8) is 0 Å². The third-order valence-corrected chi connectivity index (χ3v) is 5.32. The summed E-state index contributed by atoms with van der Waals surface area (Å²) in [7, 11) is 1.00. The molecule has 1 aliphatic rings. The second-order valence-electron chi connectivity index (χ2n) is 7.08. The van der Waals surface area contributed by atoms with Crippen molar-refractivity contribution in [3.05, 3.63) is 58.7 Å². The van der Waals surface area contributed by atoms with E-state index in [4.69, 9.17) is 26.7 Å². The highest BCUT2D eigenvalue weighted by Gasteiger charge is 2.20. The normalized spacial score (nSPS) is 13.4. The van der Waals surface area contributed by atoms with E-state index < -0.39 is 0 Å². The van der Waals surface area contributed by atoms with Gasteiger partial charge in [-0.25, -0.2) is 9.97 Å². The van der Waals surface area contributed by atoms with Crippen LogP contribution in [0.25, 0.3) is 22.3 Å². The van der Waals surface area contributed by atoms with Gasteiger partial charge in [0.2, 0.25) is 0 Å². The average molecular weight is 412 g/mol. The fourth-order valence-corrected chi connectivity index (χ4v) is 3.44. The molecular weight excluding hydrogens is 386 g/mol. The van der Waals surface area contributed by atoms with Crippen LogP contribution in [-0.2, 0) is 6.42 Å². The van der Waals surface area contributed by atoms with Crippen LogP contribution in [-0.4, -0.2) is 34.1 Å². The van der Waals surface area contributed by atoms with Gasteiger partial charge in [-0.15, -0.1) is 0 Å². The van der Waals surface area contributed by atoms with Crippen LogP contribution >= 0.6 is 11.6 Å². The summed E-state index contributed by atoms with van der Waals surface area (Å²) in [4.78, 5) is 22.0. The van der Waals surface area contributed by atoms with Gasteiger partial charge in [0.15, 0.2) is 5.82 Å². The summed E-state index contributed by atoms with van der Waals surface area (Å²) in [5.41, 5.74) is 3.39. The van der Waals surface area contributed by atoms with E-state index in [9.17, 15) is 4.79 Å². The van der Waals surface area contributed by atoms with Crippen LogP contribution in [0.1, 0.15) is 48.7 Å². The number of carbonyl (C=O) groups excluding carboxylic acids is 1. The van der Waals surface area contributed by atoms with Crippen LogP contribution in [0.15, 0.2) is 42.5 Å². The summed E-state index contributed by atoms with van der Waals surface area (Å²) in [6, 6.07) is 13.6. The van der Waals surface area contributed by atoms with Crippen molar-refractivity contribution in [3.8, 4) is 11.4 Å². The molecule has 1 amide bonds. The maximum atomic E-state index is 12.5. The lowest BCUT2D eigenvalue weighted by Crippen LogP contribution is -2.39. The fraction of sp³-hybridized carbons (Fsp3) is 0.348. The number of aliphatic hydroxyl groups is 1. The van der Waals surface area contributed by atoms with Crippen LogP contribution in [0.3, 0.4) is 0 Å². The third kappa shape index (κ3) is 4.92. The van der Waals surface area contributed by atoms with Crippen LogP contribution in [0.2, 0.25) is 5.02 Å². The standard InChI is InChI=1S/C22H22ClN3O.CH4O/c1-2-4-19-18-12-9-15(22(27)24-17-5-3-6-17)13-20(18)26-21(25-19)14-7-10-16(23)11-8-14;1-2/h7-13,17H,2-6H2,1H3,(H,24,27);2H,1H3. The van der Waals surface area contributed by atoms with Crippen molar-refractivity contribution >= 4 is 28.4 Å². The molecule has 2 aromatic carbocycles. The van der Waals surface area contributed by atoms with E-state index in [0.29, 0.717) is 22.5 Å². The lowest BCUT2D eigenvalue weighted by Gasteiger charge is -2.26. The van der Waals surface area contributed by atoms with Crippen LogP contribution < -0.4 is 5.32 Å². The molecule has 5 nitrogen and oxygen atoms in total. The SMILES string of the molecule is CCCc1nc(-c2ccc(Cl)cc2)nc2cc(C(=O)NC3CCC3)ccc12.CO. The predicted octanol–water partition coefficient (Wildman–Crippen LogP) is 4.79. The Kier molecular flexibility index (Phi) is 7.18. The van der Waals surface area contributed by atoms with Gasteiger partial charge < -0.3 is 10.4 Å². The van der Waals surface area contributed by atoms with E-state index >= 15 is 0 Å². The molecule has 3 aromatic rings. The largest absolute Gasteiger partial charge is 0.400 e. The number of carbonyl (C=O) groups is 1. The lowest BCUT2D eigenvalue weighted by molar-refractivity contribution is 0.0917. The first-order valence-electron chi connectivity index (χ1n) is 9.96. The molecule has 0 aliphatic heterocycles. The van der Waals surface area contributed by atoms with Crippen LogP contribution in [0.5, 0.6) is 0 Å². The Bertz CT molecular complexity index is 985. The number of nitrogens with one attached hydrogen (secondary N) is 1. The summed E-state index contributed by atoms with van der Waals surface area (Å²) in [5, 5.41) is 11.8. The van der Waals surface area contributed by atoms with Crippen molar-refractivity contribution in [2.75, 3.05) is 7.11 Å². The highest BCUT2D eigenvalue weighted by atomic mass is 35.5. The fourth-order valence-electron chi connectivity index (χ4n) is 3.31. The number of amides is 1. The number of aromatic nitrogens is 2. The maximum Gasteiger partial charge on any atom is 0.251 e. The average Bonchev–Trinajstić information content (AvgIpc) is 2.72. The topological polar surface area (TPSA) is 75.1 Å². The summed E-state index contributed by atoms with van der Waals surface area (Å²) in [5.74, 6) is 0.643. The van der Waals surface area contributed by atoms with Crippen molar-refractivity contribution in [1.29, 1.82) is 0 Å². The van der Waals surface area contributed by atoms with E-state index in [0.717, 1.165) is 55.0 Å². The molecule has 1 aliphatic carbocycles. The van der Waals surface area contributed by atoms with E-state index in [1.165, 1.54) is 6.42 Å². The van der Waals surface area contributed by atoms with Gasteiger partial charge in [0.25, 0.3) is 5.91 Å². The minimum absolute atomic E-state index is 0.0229. The number of rotatable bonds is 5. The molecule has 152 valence electrons. The van der Waals surface area contributed by atoms with Crippen molar-refractivity contribution in [1.82, 2.24) is 15.3 Å². The number of hydrogen-bond donors (Lipinski definition) is 2. The molecule has 0 radical (unpaired) electrons. The number of aliphatic hydroxyl groups excluding tert-OH is 1. The summed E-state index contributed by atoms with van der Waals surface area (Å²) in [6.45, 7) is 2.14. The maximum absolute atomic E-state index is 12.5. The first-order valence-corrected chi connectivity index (χ1v) is 10.3. The first-order chi connectivity index (χ1) is 14.1. The molecule has 0 unspecified atom stereocenters. The highest BCUT2D eigenvalue weighted by Crippen LogP contribution is 2.25. The first kappa shape index (κ1) is 21.2. The third-order valence-electron chi connectivity index (χ3n) is 5.07. The van der Waals surface area contributed by atoms with Crippen LogP contribution in [0.4, 0.5) is 0 Å². The molecule has 29 heavy (non-hydrogen) atoms. The minimum Gasteiger partial charge on any atom is -0.400 e. The monoisotopic (exact) mass is 411 g/mol. The second kappa shape index (κ2) is 9.81. The van der Waals surface area contributed by atoms with E-state index in [2.05, 4.69) is 12.2 Å². The van der Waals surface area contributed by atoms with Gasteiger partial charge in [-0.2, -0.15) is 0 Å². The Morgan fingerprint density at radius 2 is 1.86 bits per heavy atom. The number of hydrogen-bond acceptors (Lipinski definition) is 4. The molecule has 0 spiro atoms. The molecule has 0 saturated heterocycles. The van der Waals surface area contributed by atoms with Gasteiger partial charge >= 0.3 is 0 Å². The summed E-state index contributed by atoms with van der Waals surface area (Å²) in [6.07, 6.45) is 5.20. The number of nitrogens with zero attached hydrogens (tertiary/aromatic N) is 2. The highest BCUT2D eigenvalue weighted by molar-refractivity contribution is 6.30.